The minimum Gasteiger partial charge on any atom is -0.492 e. The van der Waals surface area contributed by atoms with Crippen molar-refractivity contribution in [1.29, 1.82) is 0 Å². The van der Waals surface area contributed by atoms with Gasteiger partial charge in [-0.2, -0.15) is 0 Å². The fourth-order valence-corrected chi connectivity index (χ4v) is 1.79. The molecule has 5 heteroatoms. The molecular weight excluding hydrogens is 274 g/mol. The van der Waals surface area contributed by atoms with Crippen molar-refractivity contribution in [3.63, 3.8) is 0 Å². The van der Waals surface area contributed by atoms with Crippen molar-refractivity contribution in [2.24, 2.45) is 0 Å². The van der Waals surface area contributed by atoms with Crippen molar-refractivity contribution in [1.82, 2.24) is 4.98 Å². The van der Waals surface area contributed by atoms with Gasteiger partial charge in [0.15, 0.2) is 6.29 Å². The highest BCUT2D eigenvalue weighted by atomic mass is 79.9. The molecule has 88 valence electrons. The van der Waals surface area contributed by atoms with Crippen LogP contribution in [0.15, 0.2) is 22.9 Å². The molecule has 1 aliphatic rings. The molecule has 0 N–H and O–H groups in total. The monoisotopic (exact) mass is 287 g/mol. The zero-order valence-electron chi connectivity index (χ0n) is 8.89. The molecule has 0 unspecified atom stereocenters. The molecule has 1 fully saturated rings. The summed E-state index contributed by atoms with van der Waals surface area (Å²) >= 11 is 3.34. The molecule has 1 aliphatic heterocycles. The molecule has 0 aromatic carbocycles. The van der Waals surface area contributed by atoms with Gasteiger partial charge in [0.25, 0.3) is 0 Å². The SMILES string of the molecule is Brc1cncc(OCCC2OCCCO2)c1. The molecule has 0 spiro atoms. The van der Waals surface area contributed by atoms with E-state index in [0.717, 1.165) is 36.3 Å². The van der Waals surface area contributed by atoms with Crippen LogP contribution in [0.4, 0.5) is 0 Å². The van der Waals surface area contributed by atoms with Crippen LogP contribution in [-0.2, 0) is 9.47 Å². The summed E-state index contributed by atoms with van der Waals surface area (Å²) in [5.41, 5.74) is 0. The molecule has 16 heavy (non-hydrogen) atoms. The number of pyridine rings is 1. The summed E-state index contributed by atoms with van der Waals surface area (Å²) in [5.74, 6) is 0.755. The van der Waals surface area contributed by atoms with Gasteiger partial charge in [0.2, 0.25) is 0 Å². The van der Waals surface area contributed by atoms with E-state index in [1.807, 2.05) is 6.07 Å². The fourth-order valence-electron chi connectivity index (χ4n) is 1.45. The first-order valence-corrected chi connectivity index (χ1v) is 6.10. The molecule has 0 amide bonds. The maximum absolute atomic E-state index is 5.54. The largest absolute Gasteiger partial charge is 0.492 e. The van der Waals surface area contributed by atoms with E-state index in [-0.39, 0.29) is 6.29 Å². The topological polar surface area (TPSA) is 40.6 Å². The third kappa shape index (κ3) is 3.73. The number of hydrogen-bond donors (Lipinski definition) is 0. The van der Waals surface area contributed by atoms with E-state index in [9.17, 15) is 0 Å². The number of halogens is 1. The van der Waals surface area contributed by atoms with E-state index in [4.69, 9.17) is 14.2 Å². The predicted octanol–water partition coefficient (Wildman–Crippen LogP) is 2.38. The fraction of sp³-hybridized carbons (Fsp3) is 0.545. The molecule has 1 aromatic heterocycles. The van der Waals surface area contributed by atoms with E-state index < -0.39 is 0 Å². The van der Waals surface area contributed by atoms with Gasteiger partial charge >= 0.3 is 0 Å². The lowest BCUT2D eigenvalue weighted by atomic mass is 10.4. The Labute approximate surface area is 103 Å². The number of ether oxygens (including phenoxy) is 3. The van der Waals surface area contributed by atoms with Crippen LogP contribution in [-0.4, -0.2) is 31.1 Å². The van der Waals surface area contributed by atoms with E-state index in [1.165, 1.54) is 0 Å². The van der Waals surface area contributed by atoms with Crippen LogP contribution in [0.1, 0.15) is 12.8 Å². The molecular formula is C11H14BrNO3. The predicted molar refractivity (Wildman–Crippen MR) is 62.4 cm³/mol. The van der Waals surface area contributed by atoms with Crippen molar-refractivity contribution in [3.05, 3.63) is 22.9 Å². The third-order valence-electron chi connectivity index (χ3n) is 2.20. The number of aromatic nitrogens is 1. The van der Waals surface area contributed by atoms with Gasteiger partial charge in [-0.1, -0.05) is 0 Å². The summed E-state index contributed by atoms with van der Waals surface area (Å²) in [7, 11) is 0. The smallest absolute Gasteiger partial charge is 0.160 e. The zero-order chi connectivity index (χ0) is 11.2. The van der Waals surface area contributed by atoms with Gasteiger partial charge in [0, 0.05) is 17.1 Å². The van der Waals surface area contributed by atoms with Crippen LogP contribution >= 0.6 is 15.9 Å². The van der Waals surface area contributed by atoms with Crippen LogP contribution in [0.2, 0.25) is 0 Å². The van der Waals surface area contributed by atoms with Crippen LogP contribution in [0.3, 0.4) is 0 Å². The first-order valence-electron chi connectivity index (χ1n) is 5.31. The Morgan fingerprint density at radius 3 is 2.94 bits per heavy atom. The molecule has 4 nitrogen and oxygen atoms in total. The highest BCUT2D eigenvalue weighted by Gasteiger charge is 2.13. The molecule has 2 heterocycles. The molecule has 0 aliphatic carbocycles. The van der Waals surface area contributed by atoms with Crippen molar-refractivity contribution in [2.75, 3.05) is 19.8 Å². The summed E-state index contributed by atoms with van der Waals surface area (Å²) in [6.07, 6.45) is 5.02. The van der Waals surface area contributed by atoms with Crippen molar-refractivity contribution in [2.45, 2.75) is 19.1 Å². The second-order valence-corrected chi connectivity index (χ2v) is 4.42. The van der Waals surface area contributed by atoms with E-state index >= 15 is 0 Å². The van der Waals surface area contributed by atoms with Crippen LogP contribution in [0, 0.1) is 0 Å². The van der Waals surface area contributed by atoms with Gasteiger partial charge in [-0.05, 0) is 28.4 Å². The second-order valence-electron chi connectivity index (χ2n) is 3.50. The molecule has 0 bridgehead atoms. The minimum atomic E-state index is -0.117. The first kappa shape index (κ1) is 11.8. The molecule has 0 radical (unpaired) electrons. The van der Waals surface area contributed by atoms with E-state index in [1.54, 1.807) is 12.4 Å². The quantitative estimate of drug-likeness (QED) is 0.853. The maximum Gasteiger partial charge on any atom is 0.160 e. The standard InChI is InChI=1S/C11H14BrNO3/c12-9-6-10(8-13-7-9)14-5-2-11-15-3-1-4-16-11/h6-8,11H,1-5H2. The average molecular weight is 288 g/mol. The van der Waals surface area contributed by atoms with Crippen LogP contribution in [0.25, 0.3) is 0 Å². The lowest BCUT2D eigenvalue weighted by molar-refractivity contribution is -0.183. The minimum absolute atomic E-state index is 0.117. The normalized spacial score (nSPS) is 17.3. The molecule has 0 saturated carbocycles. The number of nitrogens with zero attached hydrogens (tertiary/aromatic N) is 1. The van der Waals surface area contributed by atoms with Gasteiger partial charge in [0.1, 0.15) is 5.75 Å². The third-order valence-corrected chi connectivity index (χ3v) is 2.63. The Hall–Kier alpha value is -0.650. The first-order chi connectivity index (χ1) is 7.84. The van der Waals surface area contributed by atoms with Crippen molar-refractivity contribution >= 4 is 15.9 Å². The molecule has 2 rings (SSSR count). The van der Waals surface area contributed by atoms with Gasteiger partial charge in [-0.25, -0.2) is 0 Å². The lowest BCUT2D eigenvalue weighted by Crippen LogP contribution is -2.26. The molecule has 1 saturated heterocycles. The van der Waals surface area contributed by atoms with Gasteiger partial charge in [-0.15, -0.1) is 0 Å². The zero-order valence-corrected chi connectivity index (χ0v) is 10.5. The molecule has 0 atom stereocenters. The number of rotatable bonds is 4. The average Bonchev–Trinajstić information content (AvgIpc) is 2.30. The Morgan fingerprint density at radius 2 is 2.19 bits per heavy atom. The Kier molecular flexibility index (Phi) is 4.56. The van der Waals surface area contributed by atoms with Gasteiger partial charge in [-0.3, -0.25) is 4.98 Å². The highest BCUT2D eigenvalue weighted by molar-refractivity contribution is 9.10. The Balaban J connectivity index is 1.71. The summed E-state index contributed by atoms with van der Waals surface area (Å²) in [4.78, 5) is 4.02. The van der Waals surface area contributed by atoms with E-state index in [0.29, 0.717) is 6.61 Å². The van der Waals surface area contributed by atoms with Crippen molar-refractivity contribution in [3.8, 4) is 5.75 Å². The summed E-state index contributed by atoms with van der Waals surface area (Å²) < 4.78 is 17.3. The highest BCUT2D eigenvalue weighted by Crippen LogP contribution is 2.16. The Morgan fingerprint density at radius 1 is 1.38 bits per heavy atom. The Bertz CT molecular complexity index is 329. The molecule has 1 aromatic rings. The lowest BCUT2D eigenvalue weighted by Gasteiger charge is -2.22. The van der Waals surface area contributed by atoms with E-state index in [2.05, 4.69) is 20.9 Å². The van der Waals surface area contributed by atoms with Crippen molar-refractivity contribution < 1.29 is 14.2 Å². The van der Waals surface area contributed by atoms with Gasteiger partial charge in [0.05, 0.1) is 26.0 Å². The maximum atomic E-state index is 5.54. The summed E-state index contributed by atoms with van der Waals surface area (Å²) in [5, 5.41) is 0. The van der Waals surface area contributed by atoms with Crippen LogP contribution in [0.5, 0.6) is 5.75 Å². The second kappa shape index (κ2) is 6.18. The summed E-state index contributed by atoms with van der Waals surface area (Å²) in [6.45, 7) is 2.13. The number of hydrogen-bond acceptors (Lipinski definition) is 4. The summed E-state index contributed by atoms with van der Waals surface area (Å²) in [6, 6.07) is 1.88. The van der Waals surface area contributed by atoms with Crippen LogP contribution < -0.4 is 4.74 Å². The van der Waals surface area contributed by atoms with Gasteiger partial charge < -0.3 is 14.2 Å².